The quantitative estimate of drug-likeness (QED) is 0.662. The first kappa shape index (κ1) is 21.8. The van der Waals surface area contributed by atoms with Crippen LogP contribution < -0.4 is 15.4 Å². The summed E-state index contributed by atoms with van der Waals surface area (Å²) in [7, 11) is -3.99. The van der Waals surface area contributed by atoms with E-state index in [0.29, 0.717) is 43.2 Å². The molecular formula is C20H23N3O6S. The lowest BCUT2D eigenvalue weighted by Crippen LogP contribution is -2.37. The van der Waals surface area contributed by atoms with Crippen molar-refractivity contribution in [3.63, 3.8) is 0 Å². The van der Waals surface area contributed by atoms with Crippen molar-refractivity contribution in [3.8, 4) is 0 Å². The van der Waals surface area contributed by atoms with Gasteiger partial charge >= 0.3 is 5.97 Å². The number of nitrogens with one attached hydrogen (secondary N) is 1. The van der Waals surface area contributed by atoms with E-state index in [0.717, 1.165) is 0 Å². The van der Waals surface area contributed by atoms with E-state index in [1.807, 2.05) is 4.90 Å². The number of sulfonamides is 1. The minimum atomic E-state index is -3.99. The van der Waals surface area contributed by atoms with Gasteiger partial charge in [0.2, 0.25) is 10.0 Å². The van der Waals surface area contributed by atoms with E-state index in [9.17, 15) is 18.0 Å². The number of benzene rings is 2. The fraction of sp³-hybridized carbons (Fsp3) is 0.300. The van der Waals surface area contributed by atoms with Crippen molar-refractivity contribution in [1.29, 1.82) is 0 Å². The maximum atomic E-state index is 13.0. The normalized spacial score (nSPS) is 14.3. The second kappa shape index (κ2) is 9.24. The van der Waals surface area contributed by atoms with Gasteiger partial charge in [0.25, 0.3) is 5.91 Å². The van der Waals surface area contributed by atoms with Crippen LogP contribution in [0.25, 0.3) is 0 Å². The Morgan fingerprint density at radius 3 is 2.57 bits per heavy atom. The number of esters is 1. The maximum absolute atomic E-state index is 13.0. The minimum absolute atomic E-state index is 0.157. The molecular weight excluding hydrogens is 410 g/mol. The minimum Gasteiger partial charge on any atom is -0.462 e. The standard InChI is InChI=1S/C20H23N3O6S/c1-2-29-20(25)14-4-3-5-15(12-14)22-19(24)17-13-16(30(21,26)27)6-7-18(17)23-8-10-28-11-9-23/h3-7,12-13H,2,8-11H2,1H3,(H,22,24)(H2,21,26,27). The Labute approximate surface area is 174 Å². The number of anilines is 2. The first-order valence-electron chi connectivity index (χ1n) is 9.37. The van der Waals surface area contributed by atoms with Gasteiger partial charge in [0.15, 0.2) is 0 Å². The highest BCUT2D eigenvalue weighted by Crippen LogP contribution is 2.26. The third kappa shape index (κ3) is 5.15. The Kier molecular flexibility index (Phi) is 6.70. The van der Waals surface area contributed by atoms with Gasteiger partial charge in [-0.3, -0.25) is 4.79 Å². The molecule has 0 bridgehead atoms. The highest BCUT2D eigenvalue weighted by atomic mass is 32.2. The smallest absolute Gasteiger partial charge is 0.338 e. The Hall–Kier alpha value is -2.95. The van der Waals surface area contributed by atoms with Gasteiger partial charge in [0, 0.05) is 24.5 Å². The summed E-state index contributed by atoms with van der Waals surface area (Å²) in [5.41, 5.74) is 1.40. The molecule has 0 aliphatic carbocycles. The van der Waals surface area contributed by atoms with Gasteiger partial charge in [0.1, 0.15) is 0 Å². The van der Waals surface area contributed by atoms with Gasteiger partial charge in [-0.25, -0.2) is 18.4 Å². The predicted molar refractivity (Wildman–Crippen MR) is 111 cm³/mol. The summed E-state index contributed by atoms with van der Waals surface area (Å²) < 4.78 is 33.9. The van der Waals surface area contributed by atoms with Gasteiger partial charge in [-0.2, -0.15) is 0 Å². The van der Waals surface area contributed by atoms with Crippen molar-refractivity contribution in [1.82, 2.24) is 0 Å². The number of primary sulfonamides is 1. The second-order valence-corrected chi connectivity index (χ2v) is 8.14. The van der Waals surface area contributed by atoms with Crippen LogP contribution in [0.3, 0.4) is 0 Å². The summed E-state index contributed by atoms with van der Waals surface area (Å²) in [6.45, 7) is 4.06. The van der Waals surface area contributed by atoms with Crippen LogP contribution in [0.5, 0.6) is 0 Å². The van der Waals surface area contributed by atoms with E-state index in [4.69, 9.17) is 14.6 Å². The fourth-order valence-corrected chi connectivity index (χ4v) is 3.63. The molecule has 0 aromatic heterocycles. The molecule has 3 N–H and O–H groups in total. The van der Waals surface area contributed by atoms with Crippen LogP contribution in [0.15, 0.2) is 47.4 Å². The van der Waals surface area contributed by atoms with Crippen LogP contribution in [-0.4, -0.2) is 53.2 Å². The van der Waals surface area contributed by atoms with Crippen molar-refractivity contribution >= 4 is 33.3 Å². The first-order valence-corrected chi connectivity index (χ1v) is 10.9. The summed E-state index contributed by atoms with van der Waals surface area (Å²) in [5, 5.41) is 7.96. The maximum Gasteiger partial charge on any atom is 0.338 e. The molecule has 0 saturated carbocycles. The van der Waals surface area contributed by atoms with E-state index in [1.165, 1.54) is 18.2 Å². The summed E-state index contributed by atoms with van der Waals surface area (Å²) in [6.07, 6.45) is 0. The highest BCUT2D eigenvalue weighted by Gasteiger charge is 2.22. The molecule has 9 nitrogen and oxygen atoms in total. The molecule has 10 heteroatoms. The van der Waals surface area contributed by atoms with Crippen molar-refractivity contribution in [3.05, 3.63) is 53.6 Å². The zero-order valence-corrected chi connectivity index (χ0v) is 17.3. The van der Waals surface area contributed by atoms with E-state index in [1.54, 1.807) is 31.2 Å². The third-order valence-electron chi connectivity index (χ3n) is 4.52. The molecule has 1 saturated heterocycles. The number of ether oxygens (including phenoxy) is 2. The van der Waals surface area contributed by atoms with Crippen LogP contribution >= 0.6 is 0 Å². The summed E-state index contributed by atoms with van der Waals surface area (Å²) in [6, 6.07) is 10.5. The molecule has 30 heavy (non-hydrogen) atoms. The van der Waals surface area contributed by atoms with Crippen molar-refractivity contribution in [2.45, 2.75) is 11.8 Å². The topological polar surface area (TPSA) is 128 Å². The number of amides is 1. The Bertz CT molecular complexity index is 1050. The average Bonchev–Trinajstić information content (AvgIpc) is 2.73. The van der Waals surface area contributed by atoms with Crippen LogP contribution in [0.1, 0.15) is 27.6 Å². The molecule has 1 fully saturated rings. The van der Waals surface area contributed by atoms with Gasteiger partial charge < -0.3 is 19.7 Å². The SMILES string of the molecule is CCOC(=O)c1cccc(NC(=O)c2cc(S(N)(=O)=O)ccc2N2CCOCC2)c1. The first-order chi connectivity index (χ1) is 14.3. The molecule has 3 rings (SSSR count). The monoisotopic (exact) mass is 433 g/mol. The molecule has 160 valence electrons. The van der Waals surface area contributed by atoms with Gasteiger partial charge in [-0.15, -0.1) is 0 Å². The van der Waals surface area contributed by atoms with Crippen LogP contribution in [0.4, 0.5) is 11.4 Å². The molecule has 0 spiro atoms. The average molecular weight is 433 g/mol. The fourth-order valence-electron chi connectivity index (χ4n) is 3.09. The van der Waals surface area contributed by atoms with E-state index >= 15 is 0 Å². The third-order valence-corrected chi connectivity index (χ3v) is 5.44. The largest absolute Gasteiger partial charge is 0.462 e. The Morgan fingerprint density at radius 1 is 1.17 bits per heavy atom. The number of nitrogens with zero attached hydrogens (tertiary/aromatic N) is 1. The number of hydrogen-bond acceptors (Lipinski definition) is 7. The van der Waals surface area contributed by atoms with Gasteiger partial charge in [-0.1, -0.05) is 6.07 Å². The molecule has 2 aromatic rings. The molecule has 0 unspecified atom stereocenters. The second-order valence-electron chi connectivity index (χ2n) is 6.58. The van der Waals surface area contributed by atoms with Crippen LogP contribution in [-0.2, 0) is 19.5 Å². The highest BCUT2D eigenvalue weighted by molar-refractivity contribution is 7.89. The van der Waals surface area contributed by atoms with Crippen molar-refractivity contribution in [2.24, 2.45) is 5.14 Å². The molecule has 1 amide bonds. The lowest BCUT2D eigenvalue weighted by atomic mass is 10.1. The lowest BCUT2D eigenvalue weighted by Gasteiger charge is -2.30. The van der Waals surface area contributed by atoms with Gasteiger partial charge in [0.05, 0.1) is 35.8 Å². The summed E-state index contributed by atoms with van der Waals surface area (Å²) >= 11 is 0. The number of nitrogens with two attached hydrogens (primary N) is 1. The summed E-state index contributed by atoms with van der Waals surface area (Å²) in [5.74, 6) is -1.03. The lowest BCUT2D eigenvalue weighted by molar-refractivity contribution is 0.0526. The molecule has 1 heterocycles. The number of morpholine rings is 1. The van der Waals surface area contributed by atoms with Crippen molar-refractivity contribution < 1.29 is 27.5 Å². The zero-order valence-electron chi connectivity index (χ0n) is 16.5. The number of carbonyl (C=O) groups is 2. The number of carbonyl (C=O) groups excluding carboxylic acids is 2. The molecule has 0 atom stereocenters. The van der Waals surface area contributed by atoms with Crippen molar-refractivity contribution in [2.75, 3.05) is 43.1 Å². The predicted octanol–water partition coefficient (Wildman–Crippen LogP) is 1.60. The number of rotatable bonds is 6. The van der Waals surface area contributed by atoms with E-state index in [-0.39, 0.29) is 17.1 Å². The van der Waals surface area contributed by atoms with Crippen LogP contribution in [0, 0.1) is 0 Å². The summed E-state index contributed by atoms with van der Waals surface area (Å²) in [4.78, 5) is 26.8. The van der Waals surface area contributed by atoms with Crippen LogP contribution in [0.2, 0.25) is 0 Å². The Balaban J connectivity index is 1.93. The molecule has 1 aliphatic heterocycles. The van der Waals surface area contributed by atoms with E-state index in [2.05, 4.69) is 5.32 Å². The zero-order chi connectivity index (χ0) is 21.7. The van der Waals surface area contributed by atoms with E-state index < -0.39 is 21.9 Å². The molecule has 2 aromatic carbocycles. The number of hydrogen-bond donors (Lipinski definition) is 2. The van der Waals surface area contributed by atoms with Gasteiger partial charge in [-0.05, 0) is 43.3 Å². The Morgan fingerprint density at radius 2 is 1.90 bits per heavy atom. The molecule has 1 aliphatic rings. The molecule has 0 radical (unpaired) electrons.